The van der Waals surface area contributed by atoms with Gasteiger partial charge in [0.25, 0.3) is 5.91 Å². The number of carbonyl (C=O) groups excluding carboxylic acids is 2. The lowest BCUT2D eigenvalue weighted by molar-refractivity contribution is -0.150. The standard InChI is InChI=1S/C18H16N4O5S3/c23-7-12-20-21-18(30-12)29-10-8-28-16-13(15(25)22(16)14(10)17(26)27)19-11(24)6-9-4-2-1-3-5-9/h1-5,13,16,23H,6-8H2,(H,19,24)(H,26,27)/t13-,16-/m1/s1. The zero-order chi connectivity index (χ0) is 21.3. The van der Waals surface area contributed by atoms with Crippen LogP contribution in [0.4, 0.5) is 0 Å². The number of carboxylic acids is 1. The van der Waals surface area contributed by atoms with Gasteiger partial charge in [-0.25, -0.2) is 4.79 Å². The number of hydrogen-bond donors (Lipinski definition) is 3. The number of benzene rings is 1. The molecule has 0 bridgehead atoms. The lowest BCUT2D eigenvalue weighted by Crippen LogP contribution is -2.70. The summed E-state index contributed by atoms with van der Waals surface area (Å²) < 4.78 is 0.493. The first-order valence-electron chi connectivity index (χ1n) is 8.83. The average molecular weight is 465 g/mol. The smallest absolute Gasteiger partial charge is 0.353 e. The molecule has 1 aromatic heterocycles. The summed E-state index contributed by atoms with van der Waals surface area (Å²) in [6.45, 7) is -0.241. The van der Waals surface area contributed by atoms with Crippen molar-refractivity contribution in [3.63, 3.8) is 0 Å². The maximum Gasteiger partial charge on any atom is 0.353 e. The van der Waals surface area contributed by atoms with Crippen LogP contribution >= 0.6 is 34.9 Å². The van der Waals surface area contributed by atoms with Gasteiger partial charge in [-0.05, 0) is 5.56 Å². The highest BCUT2D eigenvalue weighted by atomic mass is 32.2. The summed E-state index contributed by atoms with van der Waals surface area (Å²) in [5, 5.41) is 29.2. The van der Waals surface area contributed by atoms with E-state index in [1.807, 2.05) is 30.3 Å². The van der Waals surface area contributed by atoms with Crippen LogP contribution in [0.25, 0.3) is 0 Å². The van der Waals surface area contributed by atoms with Crippen molar-refractivity contribution in [3.05, 3.63) is 51.5 Å². The van der Waals surface area contributed by atoms with Crippen molar-refractivity contribution in [1.82, 2.24) is 20.4 Å². The zero-order valence-electron chi connectivity index (χ0n) is 15.3. The molecule has 0 aliphatic carbocycles. The third kappa shape index (κ3) is 4.08. The number of hydrogen-bond acceptors (Lipinski definition) is 9. The van der Waals surface area contributed by atoms with E-state index in [4.69, 9.17) is 5.11 Å². The van der Waals surface area contributed by atoms with Crippen molar-refractivity contribution in [1.29, 1.82) is 0 Å². The Hall–Kier alpha value is -2.41. The van der Waals surface area contributed by atoms with Gasteiger partial charge in [0.2, 0.25) is 5.91 Å². The molecule has 0 spiro atoms. The minimum absolute atomic E-state index is 0.0944. The summed E-state index contributed by atoms with van der Waals surface area (Å²) in [6, 6.07) is 8.42. The maximum absolute atomic E-state index is 12.7. The van der Waals surface area contributed by atoms with E-state index >= 15 is 0 Å². The number of nitrogens with one attached hydrogen (secondary N) is 1. The van der Waals surface area contributed by atoms with Crippen LogP contribution in [-0.2, 0) is 27.4 Å². The molecule has 2 aliphatic rings. The highest BCUT2D eigenvalue weighted by Crippen LogP contribution is 2.45. The highest BCUT2D eigenvalue weighted by Gasteiger charge is 2.54. The molecule has 3 N–H and O–H groups in total. The number of carbonyl (C=O) groups is 3. The number of nitrogens with zero attached hydrogens (tertiary/aromatic N) is 3. The minimum Gasteiger partial charge on any atom is -0.477 e. The summed E-state index contributed by atoms with van der Waals surface area (Å²) in [4.78, 5) is 38.6. The number of aliphatic hydroxyl groups is 1. The Bertz CT molecular complexity index is 1030. The molecule has 2 aliphatic heterocycles. The molecule has 156 valence electrons. The monoisotopic (exact) mass is 464 g/mol. The summed E-state index contributed by atoms with van der Waals surface area (Å²) in [7, 11) is 0. The minimum atomic E-state index is -1.21. The highest BCUT2D eigenvalue weighted by molar-refractivity contribution is 8.07. The van der Waals surface area contributed by atoms with Crippen LogP contribution in [0.1, 0.15) is 10.6 Å². The number of thioether (sulfide) groups is 2. The molecule has 12 heteroatoms. The van der Waals surface area contributed by atoms with Crippen LogP contribution in [0, 0.1) is 0 Å². The number of carboxylic acid groups (broad SMARTS) is 1. The van der Waals surface area contributed by atoms with Crippen molar-refractivity contribution in [3.8, 4) is 0 Å². The normalized spacial score (nSPS) is 20.6. The van der Waals surface area contributed by atoms with E-state index in [1.54, 1.807) is 0 Å². The second kappa shape index (κ2) is 8.76. The van der Waals surface area contributed by atoms with Gasteiger partial charge in [-0.1, -0.05) is 53.4 Å². The third-order valence-electron chi connectivity index (χ3n) is 4.45. The van der Waals surface area contributed by atoms with Crippen LogP contribution in [0.2, 0.25) is 0 Å². The van der Waals surface area contributed by atoms with Gasteiger partial charge in [0.05, 0.1) is 13.0 Å². The first kappa shape index (κ1) is 20.8. The lowest BCUT2D eigenvalue weighted by Gasteiger charge is -2.49. The molecule has 0 unspecified atom stereocenters. The van der Waals surface area contributed by atoms with E-state index in [0.717, 1.165) is 28.7 Å². The van der Waals surface area contributed by atoms with Crippen LogP contribution in [0.15, 0.2) is 45.3 Å². The first-order valence-corrected chi connectivity index (χ1v) is 11.5. The Kier molecular flexibility index (Phi) is 6.09. The van der Waals surface area contributed by atoms with E-state index in [9.17, 15) is 19.5 Å². The number of fused-ring (bicyclic) bond motifs is 1. The van der Waals surface area contributed by atoms with Gasteiger partial charge in [-0.2, -0.15) is 0 Å². The topological polar surface area (TPSA) is 133 Å². The number of rotatable bonds is 7. The summed E-state index contributed by atoms with van der Waals surface area (Å²) in [5.41, 5.74) is 0.738. The molecule has 2 aromatic rings. The summed E-state index contributed by atoms with van der Waals surface area (Å²) >= 11 is 3.68. The molecule has 1 aromatic carbocycles. The number of aromatic nitrogens is 2. The molecule has 1 fully saturated rings. The zero-order valence-corrected chi connectivity index (χ0v) is 17.8. The molecule has 3 heterocycles. The Morgan fingerprint density at radius 2 is 2.03 bits per heavy atom. The van der Waals surface area contributed by atoms with Crippen molar-refractivity contribution in [2.75, 3.05) is 5.75 Å². The molecule has 2 atom stereocenters. The molecular weight excluding hydrogens is 448 g/mol. The van der Waals surface area contributed by atoms with E-state index in [2.05, 4.69) is 15.5 Å². The van der Waals surface area contributed by atoms with Crippen LogP contribution < -0.4 is 5.32 Å². The number of aliphatic carboxylic acids is 1. The Balaban J connectivity index is 1.47. The van der Waals surface area contributed by atoms with E-state index in [-0.39, 0.29) is 24.6 Å². The van der Waals surface area contributed by atoms with Gasteiger partial charge in [0.1, 0.15) is 22.1 Å². The van der Waals surface area contributed by atoms with E-state index < -0.39 is 23.3 Å². The average Bonchev–Trinajstić information content (AvgIpc) is 3.20. The maximum atomic E-state index is 12.7. The van der Waals surface area contributed by atoms with Crippen LogP contribution in [0.5, 0.6) is 0 Å². The fourth-order valence-corrected chi connectivity index (χ4v) is 6.52. The fraction of sp³-hybridized carbons (Fsp3) is 0.278. The van der Waals surface area contributed by atoms with Crippen LogP contribution in [0.3, 0.4) is 0 Å². The Morgan fingerprint density at radius 3 is 2.70 bits per heavy atom. The third-order valence-corrected chi connectivity index (χ3v) is 7.96. The number of aliphatic hydroxyl groups excluding tert-OH is 1. The second-order valence-corrected chi connectivity index (χ2v) is 9.93. The van der Waals surface area contributed by atoms with Crippen molar-refractivity contribution in [2.24, 2.45) is 0 Å². The second-order valence-electron chi connectivity index (χ2n) is 6.42. The molecule has 0 radical (unpaired) electrons. The van der Waals surface area contributed by atoms with Gasteiger partial charge in [0, 0.05) is 10.7 Å². The van der Waals surface area contributed by atoms with Crippen molar-refractivity contribution < 1.29 is 24.6 Å². The van der Waals surface area contributed by atoms with E-state index in [1.165, 1.54) is 16.7 Å². The van der Waals surface area contributed by atoms with E-state index in [0.29, 0.717) is 20.0 Å². The molecule has 2 amide bonds. The largest absolute Gasteiger partial charge is 0.477 e. The first-order chi connectivity index (χ1) is 14.5. The van der Waals surface area contributed by atoms with Gasteiger partial charge >= 0.3 is 5.97 Å². The van der Waals surface area contributed by atoms with Crippen molar-refractivity contribution >= 4 is 52.6 Å². The molecule has 4 rings (SSSR count). The predicted octanol–water partition coefficient (Wildman–Crippen LogP) is 1.06. The number of β-lactam (4-membered cyclic amide) rings is 1. The molecule has 0 saturated carbocycles. The van der Waals surface area contributed by atoms with Gasteiger partial charge in [-0.3, -0.25) is 14.5 Å². The van der Waals surface area contributed by atoms with Gasteiger partial charge in [-0.15, -0.1) is 22.0 Å². The Morgan fingerprint density at radius 1 is 1.27 bits per heavy atom. The predicted molar refractivity (Wildman–Crippen MR) is 112 cm³/mol. The molecule has 1 saturated heterocycles. The summed E-state index contributed by atoms with van der Waals surface area (Å²) in [6.07, 6.45) is 0.148. The molecule has 9 nitrogen and oxygen atoms in total. The van der Waals surface area contributed by atoms with Crippen LogP contribution in [-0.4, -0.2) is 60.3 Å². The summed E-state index contributed by atoms with van der Waals surface area (Å²) in [5.74, 6) is -1.58. The quantitative estimate of drug-likeness (QED) is 0.515. The SMILES string of the molecule is O=C(Cc1ccccc1)N[C@@H]1C(=O)N2C(C(=O)O)=C(Sc3nnc(CO)s3)CS[C@H]12. The van der Waals surface area contributed by atoms with Crippen molar-refractivity contribution in [2.45, 2.75) is 28.8 Å². The fourth-order valence-electron chi connectivity index (χ4n) is 3.12. The van der Waals surface area contributed by atoms with Gasteiger partial charge in [0.15, 0.2) is 4.34 Å². The molecule has 30 heavy (non-hydrogen) atoms. The van der Waals surface area contributed by atoms with Gasteiger partial charge < -0.3 is 15.5 Å². The lowest BCUT2D eigenvalue weighted by atomic mass is 10.0. The number of amides is 2. The Labute approximate surface area is 183 Å². The molecular formula is C18H16N4O5S3.